The maximum atomic E-state index is 6.10. The van der Waals surface area contributed by atoms with Crippen LogP contribution in [0.4, 0.5) is 5.69 Å². The van der Waals surface area contributed by atoms with Gasteiger partial charge in [0.25, 0.3) is 0 Å². The van der Waals surface area contributed by atoms with Gasteiger partial charge in [-0.3, -0.25) is 0 Å². The van der Waals surface area contributed by atoms with Crippen molar-refractivity contribution in [3.63, 3.8) is 0 Å². The van der Waals surface area contributed by atoms with Crippen molar-refractivity contribution in [2.75, 3.05) is 5.23 Å². The smallest absolute Gasteiger partial charge is 0.384 e. The quantitative estimate of drug-likeness (QED) is 0.831. The van der Waals surface area contributed by atoms with Crippen LogP contribution < -0.4 is 5.23 Å². The highest BCUT2D eigenvalue weighted by molar-refractivity contribution is 6.49. The molecular formula is C14H22BNO2. The van der Waals surface area contributed by atoms with E-state index in [0.29, 0.717) is 5.92 Å². The Morgan fingerprint density at radius 3 is 2.17 bits per heavy atom. The predicted molar refractivity (Wildman–Crippen MR) is 75.3 cm³/mol. The van der Waals surface area contributed by atoms with E-state index in [0.717, 1.165) is 5.69 Å². The Kier molecular flexibility index (Phi) is 3.43. The van der Waals surface area contributed by atoms with Crippen LogP contribution in [0.5, 0.6) is 0 Å². The van der Waals surface area contributed by atoms with Crippen LogP contribution in [-0.4, -0.2) is 18.5 Å². The molecule has 1 aliphatic heterocycles. The second-order valence-electron chi connectivity index (χ2n) is 5.85. The molecule has 98 valence electrons. The third-order valence-corrected chi connectivity index (χ3v) is 4.11. The molecule has 18 heavy (non-hydrogen) atoms. The van der Waals surface area contributed by atoms with E-state index < -0.39 is 7.25 Å². The molecule has 0 aliphatic carbocycles. The Bertz CT molecular complexity index is 408. The highest BCUT2D eigenvalue weighted by Gasteiger charge is 2.56. The summed E-state index contributed by atoms with van der Waals surface area (Å²) >= 11 is 0. The molecule has 0 saturated carbocycles. The van der Waals surface area contributed by atoms with Gasteiger partial charge in [0.15, 0.2) is 0 Å². The zero-order chi connectivity index (χ0) is 13.4. The van der Waals surface area contributed by atoms with Crippen molar-refractivity contribution in [2.45, 2.75) is 45.8 Å². The number of hydrogen-bond donors (Lipinski definition) is 1. The normalized spacial score (nSPS) is 26.7. The van der Waals surface area contributed by atoms with E-state index >= 15 is 0 Å². The predicted octanol–water partition coefficient (Wildman–Crippen LogP) is 3.32. The zero-order valence-corrected chi connectivity index (χ0v) is 11.9. The van der Waals surface area contributed by atoms with Crippen LogP contribution in [0.15, 0.2) is 30.3 Å². The molecule has 1 atom stereocenters. The number of para-hydroxylation sites is 1. The number of nitrogens with one attached hydrogen (secondary N) is 1. The molecule has 0 amide bonds. The van der Waals surface area contributed by atoms with Crippen molar-refractivity contribution in [1.29, 1.82) is 0 Å². The average Bonchev–Trinajstić information content (AvgIpc) is 2.51. The molecule has 3 nitrogen and oxygen atoms in total. The largest absolute Gasteiger partial charge is 0.591 e. The van der Waals surface area contributed by atoms with Crippen molar-refractivity contribution in [1.82, 2.24) is 0 Å². The molecule has 1 fully saturated rings. The first kappa shape index (κ1) is 13.4. The summed E-state index contributed by atoms with van der Waals surface area (Å²) < 4.78 is 12.1. The average molecular weight is 247 g/mol. The molecule has 0 spiro atoms. The van der Waals surface area contributed by atoms with Gasteiger partial charge in [0.1, 0.15) is 0 Å². The second-order valence-corrected chi connectivity index (χ2v) is 5.85. The SMILES string of the molecule is CC(C)C1(C)OB(Nc2ccccc2)OC1(C)C. The molecule has 1 aliphatic rings. The van der Waals surface area contributed by atoms with Gasteiger partial charge in [-0.2, -0.15) is 0 Å². The van der Waals surface area contributed by atoms with Crippen molar-refractivity contribution in [3.8, 4) is 0 Å². The minimum Gasteiger partial charge on any atom is -0.384 e. The number of hydrogen-bond acceptors (Lipinski definition) is 3. The number of rotatable bonds is 3. The summed E-state index contributed by atoms with van der Waals surface area (Å²) in [5.41, 5.74) is 0.402. The van der Waals surface area contributed by atoms with Gasteiger partial charge in [0, 0.05) is 5.69 Å². The third kappa shape index (κ3) is 2.27. The van der Waals surface area contributed by atoms with Crippen LogP contribution in [-0.2, 0) is 9.31 Å². The first-order valence-electron chi connectivity index (χ1n) is 6.52. The van der Waals surface area contributed by atoms with E-state index in [1.165, 1.54) is 0 Å². The van der Waals surface area contributed by atoms with Crippen molar-refractivity contribution in [2.24, 2.45) is 5.92 Å². The maximum Gasteiger partial charge on any atom is 0.591 e. The summed E-state index contributed by atoms with van der Waals surface area (Å²) in [5, 5.41) is 3.26. The number of benzene rings is 1. The first-order chi connectivity index (χ1) is 8.35. The van der Waals surface area contributed by atoms with E-state index in [-0.39, 0.29) is 11.2 Å². The highest BCUT2D eigenvalue weighted by Crippen LogP contribution is 2.42. The molecule has 2 rings (SSSR count). The lowest BCUT2D eigenvalue weighted by Gasteiger charge is -2.39. The van der Waals surface area contributed by atoms with Crippen LogP contribution in [0.1, 0.15) is 34.6 Å². The lowest BCUT2D eigenvalue weighted by Crippen LogP contribution is -2.48. The standard InChI is InChI=1S/C14H22BNO2/c1-11(2)14(5)13(3,4)17-15(18-14)16-12-9-7-6-8-10-12/h6-11,16H,1-5H3. The molecule has 1 aromatic rings. The molecule has 1 heterocycles. The molecule has 0 bridgehead atoms. The van der Waals surface area contributed by atoms with Gasteiger partial charge < -0.3 is 14.5 Å². The minimum absolute atomic E-state index is 0.292. The molecule has 1 unspecified atom stereocenters. The van der Waals surface area contributed by atoms with Crippen LogP contribution in [0.25, 0.3) is 0 Å². The molecule has 1 aromatic carbocycles. The van der Waals surface area contributed by atoms with Crippen LogP contribution >= 0.6 is 0 Å². The van der Waals surface area contributed by atoms with Gasteiger partial charge in [-0.1, -0.05) is 32.0 Å². The Hall–Kier alpha value is -0.995. The highest BCUT2D eigenvalue weighted by atomic mass is 16.7. The van der Waals surface area contributed by atoms with Crippen LogP contribution in [0.3, 0.4) is 0 Å². The van der Waals surface area contributed by atoms with Crippen molar-refractivity contribution >= 4 is 12.9 Å². The first-order valence-corrected chi connectivity index (χ1v) is 6.52. The van der Waals surface area contributed by atoms with Gasteiger partial charge in [-0.05, 0) is 38.8 Å². The lowest BCUT2D eigenvalue weighted by atomic mass is 9.79. The van der Waals surface area contributed by atoms with Crippen LogP contribution in [0.2, 0.25) is 0 Å². The summed E-state index contributed by atoms with van der Waals surface area (Å²) in [6.07, 6.45) is 0. The summed E-state index contributed by atoms with van der Waals surface area (Å²) in [7, 11) is -0.394. The van der Waals surface area contributed by atoms with Crippen LogP contribution in [0, 0.1) is 5.92 Å². The summed E-state index contributed by atoms with van der Waals surface area (Å²) in [6.45, 7) is 10.6. The van der Waals surface area contributed by atoms with E-state index in [1.54, 1.807) is 0 Å². The van der Waals surface area contributed by atoms with Gasteiger partial charge in [-0.15, -0.1) is 0 Å². The fraction of sp³-hybridized carbons (Fsp3) is 0.571. The molecular weight excluding hydrogens is 225 g/mol. The topological polar surface area (TPSA) is 30.5 Å². The fourth-order valence-corrected chi connectivity index (χ4v) is 2.33. The van der Waals surface area contributed by atoms with E-state index in [2.05, 4.69) is 39.8 Å². The maximum absolute atomic E-state index is 6.10. The van der Waals surface area contributed by atoms with Crippen molar-refractivity contribution in [3.05, 3.63) is 30.3 Å². The third-order valence-electron chi connectivity index (χ3n) is 4.11. The lowest BCUT2D eigenvalue weighted by molar-refractivity contribution is -0.0435. The van der Waals surface area contributed by atoms with Gasteiger partial charge in [0.05, 0.1) is 11.2 Å². The summed E-state index contributed by atoms with van der Waals surface area (Å²) in [5.74, 6) is 0.384. The molecule has 1 N–H and O–H groups in total. The van der Waals surface area contributed by atoms with E-state index in [4.69, 9.17) is 9.31 Å². The van der Waals surface area contributed by atoms with Gasteiger partial charge in [0.2, 0.25) is 0 Å². The molecule has 4 heteroatoms. The summed E-state index contributed by atoms with van der Waals surface area (Å²) in [4.78, 5) is 0. The Morgan fingerprint density at radius 1 is 1.06 bits per heavy atom. The van der Waals surface area contributed by atoms with E-state index in [1.807, 2.05) is 30.3 Å². The minimum atomic E-state index is -0.394. The number of anilines is 1. The second kappa shape index (κ2) is 4.59. The van der Waals surface area contributed by atoms with E-state index in [9.17, 15) is 0 Å². The zero-order valence-electron chi connectivity index (χ0n) is 11.9. The molecule has 1 saturated heterocycles. The molecule has 0 radical (unpaired) electrons. The monoisotopic (exact) mass is 247 g/mol. The Labute approximate surface area is 110 Å². The van der Waals surface area contributed by atoms with Gasteiger partial charge in [-0.25, -0.2) is 0 Å². The van der Waals surface area contributed by atoms with Gasteiger partial charge >= 0.3 is 7.25 Å². The Balaban J connectivity index is 2.11. The fourth-order valence-electron chi connectivity index (χ4n) is 2.33. The van der Waals surface area contributed by atoms with Crippen molar-refractivity contribution < 1.29 is 9.31 Å². The summed E-state index contributed by atoms with van der Waals surface area (Å²) in [6, 6.07) is 9.98. The molecule has 0 aromatic heterocycles. The Morgan fingerprint density at radius 2 is 1.67 bits per heavy atom.